The van der Waals surface area contributed by atoms with E-state index >= 15 is 0 Å². The van der Waals surface area contributed by atoms with Crippen molar-refractivity contribution >= 4 is 0 Å². The lowest BCUT2D eigenvalue weighted by Gasteiger charge is -2.18. The lowest BCUT2D eigenvalue weighted by Crippen LogP contribution is -2.04. The molecule has 0 saturated heterocycles. The molecular weight excluding hydrogens is 204 g/mol. The quantitative estimate of drug-likeness (QED) is 0.503. The van der Waals surface area contributed by atoms with Crippen LogP contribution >= 0.6 is 0 Å². The van der Waals surface area contributed by atoms with Crippen LogP contribution in [0.25, 0.3) is 0 Å². The van der Waals surface area contributed by atoms with Crippen molar-refractivity contribution in [3.05, 3.63) is 0 Å². The van der Waals surface area contributed by atoms with Crippen LogP contribution in [-0.2, 0) is 0 Å². The zero-order valence-electron chi connectivity index (χ0n) is 13.7. The molecule has 0 heteroatoms. The minimum absolute atomic E-state index is 0.881. The molecule has 0 aromatic rings. The Hall–Kier alpha value is 0. The minimum Gasteiger partial charge on any atom is -0.0683 e. The fourth-order valence-corrected chi connectivity index (χ4v) is 2.09. The zero-order chi connectivity index (χ0) is 13.7. The largest absolute Gasteiger partial charge is 0.0683 e. The third-order valence-electron chi connectivity index (χ3n) is 3.32. The summed E-state index contributed by atoms with van der Waals surface area (Å²) in [5.41, 5.74) is 0. The summed E-state index contributed by atoms with van der Waals surface area (Å²) in [5, 5.41) is 0. The summed E-state index contributed by atoms with van der Waals surface area (Å²) in [5.74, 6) is 2.89. The van der Waals surface area contributed by atoms with Crippen molar-refractivity contribution in [3.63, 3.8) is 0 Å². The smallest absolute Gasteiger partial charge is 0.0440 e. The molecular formula is C17H38. The number of rotatable bonds is 5. The molecule has 1 aliphatic carbocycles. The fourth-order valence-electron chi connectivity index (χ4n) is 2.09. The van der Waals surface area contributed by atoms with E-state index in [0.717, 1.165) is 17.8 Å². The molecule has 1 aliphatic rings. The highest BCUT2D eigenvalue weighted by molar-refractivity contribution is 4.62. The van der Waals surface area contributed by atoms with Crippen LogP contribution in [0.1, 0.15) is 93.4 Å². The van der Waals surface area contributed by atoms with Crippen molar-refractivity contribution < 1.29 is 0 Å². The van der Waals surface area contributed by atoms with Gasteiger partial charge in [0.2, 0.25) is 0 Å². The van der Waals surface area contributed by atoms with Crippen molar-refractivity contribution in [2.45, 2.75) is 93.4 Å². The Morgan fingerprint density at radius 2 is 1.53 bits per heavy atom. The highest BCUT2D eigenvalue weighted by Gasteiger charge is 2.09. The third-order valence-corrected chi connectivity index (χ3v) is 3.32. The van der Waals surface area contributed by atoms with E-state index in [4.69, 9.17) is 0 Å². The average molecular weight is 242 g/mol. The Balaban J connectivity index is 0. The predicted molar refractivity (Wildman–Crippen MR) is 82.5 cm³/mol. The van der Waals surface area contributed by atoms with Crippen molar-refractivity contribution in [2.24, 2.45) is 17.8 Å². The zero-order valence-corrected chi connectivity index (χ0v) is 13.7. The Morgan fingerprint density at radius 1 is 1.06 bits per heavy atom. The van der Waals surface area contributed by atoms with E-state index in [2.05, 4.69) is 34.6 Å². The van der Waals surface area contributed by atoms with Gasteiger partial charge in [-0.25, -0.2) is 0 Å². The monoisotopic (exact) mass is 242 g/mol. The molecule has 0 spiro atoms. The Bertz CT molecular complexity index is 122. The van der Waals surface area contributed by atoms with Crippen LogP contribution in [0.4, 0.5) is 0 Å². The van der Waals surface area contributed by atoms with Gasteiger partial charge in [0.05, 0.1) is 0 Å². The van der Waals surface area contributed by atoms with Gasteiger partial charge in [-0.3, -0.25) is 0 Å². The second-order valence-electron chi connectivity index (χ2n) is 5.91. The molecule has 0 heterocycles. The van der Waals surface area contributed by atoms with Crippen molar-refractivity contribution in [1.29, 1.82) is 0 Å². The first-order valence-electron chi connectivity index (χ1n) is 8.06. The SMILES string of the molecule is CC.CC1CCC1.CCCCC(C)CC(C)C. The van der Waals surface area contributed by atoms with E-state index in [1.165, 1.54) is 44.9 Å². The van der Waals surface area contributed by atoms with Crippen molar-refractivity contribution in [1.82, 2.24) is 0 Å². The first-order chi connectivity index (χ1) is 8.06. The van der Waals surface area contributed by atoms with Crippen LogP contribution in [0.3, 0.4) is 0 Å². The van der Waals surface area contributed by atoms with Gasteiger partial charge in [-0.05, 0) is 24.2 Å². The molecule has 1 saturated carbocycles. The van der Waals surface area contributed by atoms with E-state index in [9.17, 15) is 0 Å². The second-order valence-corrected chi connectivity index (χ2v) is 5.91. The molecule has 0 N–H and O–H groups in total. The van der Waals surface area contributed by atoms with E-state index in [-0.39, 0.29) is 0 Å². The van der Waals surface area contributed by atoms with E-state index < -0.39 is 0 Å². The van der Waals surface area contributed by atoms with Crippen LogP contribution in [0.15, 0.2) is 0 Å². The van der Waals surface area contributed by atoms with Gasteiger partial charge in [-0.2, -0.15) is 0 Å². The minimum atomic E-state index is 0.881. The molecule has 1 fully saturated rings. The van der Waals surface area contributed by atoms with Gasteiger partial charge in [0, 0.05) is 0 Å². The first kappa shape index (κ1) is 19.3. The van der Waals surface area contributed by atoms with Gasteiger partial charge in [0.15, 0.2) is 0 Å². The topological polar surface area (TPSA) is 0 Å². The number of hydrogen-bond donors (Lipinski definition) is 0. The number of unbranched alkanes of at least 4 members (excludes halogenated alkanes) is 1. The standard InChI is InChI=1S/C10H22.C5H10.C2H6/c1-5-6-7-10(4)8-9(2)3;1-5-3-2-4-5;1-2/h9-10H,5-8H2,1-4H3;5H,2-4H2,1H3;1-2H3. The summed E-state index contributed by atoms with van der Waals surface area (Å²) in [6, 6.07) is 0. The lowest BCUT2D eigenvalue weighted by molar-refractivity contribution is 0.346. The normalized spacial score (nSPS) is 16.2. The van der Waals surface area contributed by atoms with Crippen LogP contribution in [0, 0.1) is 17.8 Å². The molecule has 1 rings (SSSR count). The summed E-state index contributed by atoms with van der Waals surface area (Å²) in [6.45, 7) is 15.6. The molecule has 0 aromatic carbocycles. The van der Waals surface area contributed by atoms with Gasteiger partial charge in [-0.1, -0.05) is 87.0 Å². The molecule has 1 unspecified atom stereocenters. The third kappa shape index (κ3) is 16.0. The predicted octanol–water partition coefficient (Wildman–Crippen LogP) is 6.69. The summed E-state index contributed by atoms with van der Waals surface area (Å²) in [4.78, 5) is 0. The van der Waals surface area contributed by atoms with Crippen LogP contribution in [0.2, 0.25) is 0 Å². The van der Waals surface area contributed by atoms with Gasteiger partial charge < -0.3 is 0 Å². The summed E-state index contributed by atoms with van der Waals surface area (Å²) < 4.78 is 0. The number of hydrogen-bond acceptors (Lipinski definition) is 0. The maximum Gasteiger partial charge on any atom is -0.0440 e. The molecule has 0 radical (unpaired) electrons. The van der Waals surface area contributed by atoms with Crippen molar-refractivity contribution in [2.75, 3.05) is 0 Å². The highest BCUT2D eigenvalue weighted by Crippen LogP contribution is 2.24. The molecule has 0 bridgehead atoms. The Morgan fingerprint density at radius 3 is 1.76 bits per heavy atom. The molecule has 0 aliphatic heterocycles. The first-order valence-corrected chi connectivity index (χ1v) is 8.06. The second kappa shape index (κ2) is 14.1. The molecule has 17 heavy (non-hydrogen) atoms. The highest BCUT2D eigenvalue weighted by atomic mass is 14.1. The summed E-state index contributed by atoms with van der Waals surface area (Å²) >= 11 is 0. The van der Waals surface area contributed by atoms with E-state index in [0.29, 0.717) is 0 Å². The van der Waals surface area contributed by atoms with E-state index in [1.54, 1.807) is 0 Å². The van der Waals surface area contributed by atoms with Gasteiger partial charge in [0.1, 0.15) is 0 Å². The van der Waals surface area contributed by atoms with Gasteiger partial charge in [0.25, 0.3) is 0 Å². The molecule has 1 atom stereocenters. The maximum atomic E-state index is 2.37. The molecule has 106 valence electrons. The Labute approximate surface area is 112 Å². The van der Waals surface area contributed by atoms with Crippen molar-refractivity contribution in [3.8, 4) is 0 Å². The summed E-state index contributed by atoms with van der Waals surface area (Å²) in [7, 11) is 0. The van der Waals surface area contributed by atoms with Crippen LogP contribution in [-0.4, -0.2) is 0 Å². The van der Waals surface area contributed by atoms with Crippen LogP contribution in [0.5, 0.6) is 0 Å². The molecule has 0 aromatic heterocycles. The fraction of sp³-hybridized carbons (Fsp3) is 1.00. The van der Waals surface area contributed by atoms with E-state index in [1.807, 2.05) is 13.8 Å². The lowest BCUT2D eigenvalue weighted by atomic mass is 9.88. The Kier molecular flexibility index (Phi) is 16.0. The molecule has 0 amide bonds. The summed E-state index contributed by atoms with van der Waals surface area (Å²) in [6.07, 6.45) is 10.0. The molecule has 0 nitrogen and oxygen atoms in total. The van der Waals surface area contributed by atoms with Gasteiger partial charge >= 0.3 is 0 Å². The maximum absolute atomic E-state index is 2.37. The van der Waals surface area contributed by atoms with Gasteiger partial charge in [-0.15, -0.1) is 0 Å². The average Bonchev–Trinajstić information content (AvgIpc) is 2.26. The van der Waals surface area contributed by atoms with Crippen LogP contribution < -0.4 is 0 Å².